The van der Waals surface area contributed by atoms with Gasteiger partial charge in [0, 0.05) is 12.8 Å². The van der Waals surface area contributed by atoms with Crippen LogP contribution in [0.2, 0.25) is 0 Å². The Morgan fingerprint density at radius 3 is 2.56 bits per heavy atom. The van der Waals surface area contributed by atoms with E-state index >= 15 is 0 Å². The van der Waals surface area contributed by atoms with Crippen LogP contribution in [-0.2, 0) is 0 Å². The molecule has 27 heavy (non-hydrogen) atoms. The van der Waals surface area contributed by atoms with Crippen molar-refractivity contribution in [3.63, 3.8) is 0 Å². The Bertz CT molecular complexity index is 746. The van der Waals surface area contributed by atoms with E-state index < -0.39 is 0 Å². The number of hydrogen-bond acceptors (Lipinski definition) is 2. The quantitative estimate of drug-likeness (QED) is 0.330. The molecule has 0 N–H and O–H groups in total. The van der Waals surface area contributed by atoms with E-state index in [1.165, 1.54) is 11.1 Å². The molecule has 0 saturated heterocycles. The Morgan fingerprint density at radius 1 is 1.33 bits per heavy atom. The minimum atomic E-state index is -0.141. The van der Waals surface area contributed by atoms with E-state index in [-0.39, 0.29) is 5.92 Å². The molecule has 2 nitrogen and oxygen atoms in total. The third-order valence-electron chi connectivity index (χ3n) is 5.45. The third kappa shape index (κ3) is 6.07. The van der Waals surface area contributed by atoms with Gasteiger partial charge in [-0.1, -0.05) is 56.9 Å². The van der Waals surface area contributed by atoms with Crippen LogP contribution in [0, 0.1) is 30.1 Å². The summed E-state index contributed by atoms with van der Waals surface area (Å²) in [6.45, 7) is 16.4. The molecule has 0 aliphatic heterocycles. The summed E-state index contributed by atoms with van der Waals surface area (Å²) in [7, 11) is 1.82. The Labute approximate surface area is 166 Å². The number of allylic oxidation sites excluding steroid dienone is 3. The highest BCUT2D eigenvalue weighted by molar-refractivity contribution is 5.99. The SMILES string of the molecule is C=CCC(C)[C@@H](CC(C#N)C=C(C)C(CC)=NC)c1cccc(C=C)c1C. The summed E-state index contributed by atoms with van der Waals surface area (Å²) in [6.07, 6.45) is 8.59. The van der Waals surface area contributed by atoms with Crippen molar-refractivity contribution in [1.29, 1.82) is 5.26 Å². The van der Waals surface area contributed by atoms with Crippen LogP contribution >= 0.6 is 0 Å². The van der Waals surface area contributed by atoms with E-state index in [2.05, 4.69) is 76.2 Å². The van der Waals surface area contributed by atoms with Gasteiger partial charge in [-0.15, -0.1) is 6.58 Å². The zero-order valence-corrected chi connectivity index (χ0v) is 17.6. The summed E-state index contributed by atoms with van der Waals surface area (Å²) < 4.78 is 0. The lowest BCUT2D eigenvalue weighted by Crippen LogP contribution is -2.15. The van der Waals surface area contributed by atoms with Gasteiger partial charge in [0.2, 0.25) is 0 Å². The van der Waals surface area contributed by atoms with Gasteiger partial charge in [-0.25, -0.2) is 0 Å². The lowest BCUT2D eigenvalue weighted by Gasteiger charge is -2.27. The molecule has 1 rings (SSSR count). The van der Waals surface area contributed by atoms with E-state index in [0.29, 0.717) is 11.8 Å². The molecule has 0 radical (unpaired) electrons. The number of benzene rings is 1. The van der Waals surface area contributed by atoms with E-state index in [1.54, 1.807) is 0 Å². The van der Waals surface area contributed by atoms with Crippen LogP contribution in [0.3, 0.4) is 0 Å². The van der Waals surface area contributed by atoms with Gasteiger partial charge in [-0.3, -0.25) is 4.99 Å². The number of hydrogen-bond donors (Lipinski definition) is 0. The highest BCUT2D eigenvalue weighted by Crippen LogP contribution is 2.36. The largest absolute Gasteiger partial charge is 0.293 e. The lowest BCUT2D eigenvalue weighted by molar-refractivity contribution is 0.417. The number of rotatable bonds is 10. The first kappa shape index (κ1) is 22.6. The standard InChI is InChI=1S/C25H34N2/c1-8-12-18(4)24(23-14-11-13-22(9-2)20(23)6)16-21(17-26)15-19(5)25(10-3)27-7/h8-9,11,13-15,18,21,24H,1-2,10,12,16H2,3-7H3/t18?,21?,24-/m1/s1. The predicted molar refractivity (Wildman–Crippen MR) is 119 cm³/mol. The minimum absolute atomic E-state index is 0.141. The summed E-state index contributed by atoms with van der Waals surface area (Å²) in [5, 5.41) is 9.81. The maximum absolute atomic E-state index is 9.81. The molecule has 0 spiro atoms. The molecule has 144 valence electrons. The minimum Gasteiger partial charge on any atom is -0.293 e. The third-order valence-corrected chi connectivity index (χ3v) is 5.45. The first-order valence-electron chi connectivity index (χ1n) is 9.80. The van der Waals surface area contributed by atoms with Gasteiger partial charge < -0.3 is 0 Å². The van der Waals surface area contributed by atoms with Crippen LogP contribution in [0.25, 0.3) is 6.08 Å². The molecule has 0 aromatic heterocycles. The number of nitrogens with zero attached hydrogens (tertiary/aromatic N) is 2. The Balaban J connectivity index is 3.29. The molecule has 3 atom stereocenters. The second kappa shape index (κ2) is 11.3. The highest BCUT2D eigenvalue weighted by Gasteiger charge is 2.24. The molecule has 0 heterocycles. The summed E-state index contributed by atoms with van der Waals surface area (Å²) >= 11 is 0. The van der Waals surface area contributed by atoms with Crippen molar-refractivity contribution in [3.05, 3.63) is 65.8 Å². The highest BCUT2D eigenvalue weighted by atomic mass is 14.7. The summed E-state index contributed by atoms with van der Waals surface area (Å²) in [6, 6.07) is 8.89. The molecule has 0 saturated carbocycles. The van der Waals surface area contributed by atoms with Crippen LogP contribution in [0.4, 0.5) is 0 Å². The molecular weight excluding hydrogens is 328 g/mol. The van der Waals surface area contributed by atoms with Gasteiger partial charge in [-0.2, -0.15) is 5.26 Å². The summed E-state index contributed by atoms with van der Waals surface area (Å²) in [5.74, 6) is 0.564. The molecule has 0 amide bonds. The van der Waals surface area contributed by atoms with Crippen molar-refractivity contribution in [1.82, 2.24) is 0 Å². The second-order valence-electron chi connectivity index (χ2n) is 7.22. The molecule has 0 aliphatic rings. The van der Waals surface area contributed by atoms with Gasteiger partial charge >= 0.3 is 0 Å². The lowest BCUT2D eigenvalue weighted by atomic mass is 9.77. The Kier molecular flexibility index (Phi) is 9.51. The van der Waals surface area contributed by atoms with E-state index in [0.717, 1.165) is 36.1 Å². The molecule has 2 unspecified atom stereocenters. The van der Waals surface area contributed by atoms with Crippen molar-refractivity contribution >= 4 is 11.8 Å². The average molecular weight is 363 g/mol. The smallest absolute Gasteiger partial charge is 0.0697 e. The second-order valence-corrected chi connectivity index (χ2v) is 7.22. The van der Waals surface area contributed by atoms with Crippen LogP contribution in [0.1, 0.15) is 62.6 Å². The molecule has 1 aromatic rings. The maximum atomic E-state index is 9.81. The fourth-order valence-electron chi connectivity index (χ4n) is 3.83. The van der Waals surface area contributed by atoms with E-state index in [4.69, 9.17) is 0 Å². The van der Waals surface area contributed by atoms with Gasteiger partial charge in [0.05, 0.1) is 12.0 Å². The molecule has 0 bridgehead atoms. The first-order chi connectivity index (χ1) is 12.9. The van der Waals surface area contributed by atoms with Gasteiger partial charge in [0.25, 0.3) is 0 Å². The number of nitriles is 1. The molecule has 0 fully saturated rings. The average Bonchev–Trinajstić information content (AvgIpc) is 2.66. The zero-order chi connectivity index (χ0) is 20.4. The molecule has 1 aromatic carbocycles. The Hall–Kier alpha value is -2.40. The van der Waals surface area contributed by atoms with Crippen molar-refractivity contribution in [3.8, 4) is 6.07 Å². The monoisotopic (exact) mass is 362 g/mol. The maximum Gasteiger partial charge on any atom is 0.0697 e. The van der Waals surface area contributed by atoms with Crippen LogP contribution in [0.15, 0.2) is 54.1 Å². The normalized spacial score (nSPS) is 15.6. The van der Waals surface area contributed by atoms with E-state index in [9.17, 15) is 5.26 Å². The molecule has 2 heteroatoms. The summed E-state index contributed by atoms with van der Waals surface area (Å²) in [5.41, 5.74) is 5.91. The van der Waals surface area contributed by atoms with Crippen molar-refractivity contribution < 1.29 is 0 Å². The first-order valence-corrected chi connectivity index (χ1v) is 9.80. The van der Waals surface area contributed by atoms with Crippen LogP contribution in [-0.4, -0.2) is 12.8 Å². The van der Waals surface area contributed by atoms with E-state index in [1.807, 2.05) is 19.2 Å². The van der Waals surface area contributed by atoms with Gasteiger partial charge in [0.1, 0.15) is 0 Å². The Morgan fingerprint density at radius 2 is 2.04 bits per heavy atom. The van der Waals surface area contributed by atoms with Crippen molar-refractivity contribution in [2.24, 2.45) is 16.8 Å². The fraction of sp³-hybridized carbons (Fsp3) is 0.440. The van der Waals surface area contributed by atoms with Gasteiger partial charge in [-0.05, 0) is 67.2 Å². The number of aliphatic imine (C=N–C) groups is 1. The zero-order valence-electron chi connectivity index (χ0n) is 17.6. The molecule has 0 aliphatic carbocycles. The fourth-order valence-corrected chi connectivity index (χ4v) is 3.83. The summed E-state index contributed by atoms with van der Waals surface area (Å²) in [4.78, 5) is 4.35. The van der Waals surface area contributed by atoms with Crippen molar-refractivity contribution in [2.45, 2.75) is 52.9 Å². The predicted octanol–water partition coefficient (Wildman–Crippen LogP) is 6.89. The van der Waals surface area contributed by atoms with Crippen LogP contribution < -0.4 is 0 Å². The van der Waals surface area contributed by atoms with Gasteiger partial charge in [0.15, 0.2) is 0 Å². The van der Waals surface area contributed by atoms with Crippen molar-refractivity contribution in [2.75, 3.05) is 7.05 Å². The topological polar surface area (TPSA) is 36.1 Å². The van der Waals surface area contributed by atoms with Crippen LogP contribution in [0.5, 0.6) is 0 Å². The molecular formula is C25H34N2.